The number of para-hydroxylation sites is 4. The summed E-state index contributed by atoms with van der Waals surface area (Å²) in [4.78, 5) is 2.42. The average molecular weight is 641 g/mol. The minimum absolute atomic E-state index is 0.861. The minimum Gasteiger partial charge on any atom is -0.456 e. The Kier molecular flexibility index (Phi) is 5.63. The van der Waals surface area contributed by atoms with Crippen molar-refractivity contribution in [1.29, 1.82) is 0 Å². The summed E-state index contributed by atoms with van der Waals surface area (Å²) in [6, 6.07) is 60.2. The lowest BCUT2D eigenvalue weighted by atomic mass is 10.0. The first-order chi connectivity index (χ1) is 24.8. The largest absolute Gasteiger partial charge is 0.456 e. The summed E-state index contributed by atoms with van der Waals surface area (Å²) in [7, 11) is 0. The molecule has 11 rings (SSSR count). The number of benzene rings is 8. The first-order valence-electron chi connectivity index (χ1n) is 16.9. The van der Waals surface area contributed by atoms with Crippen LogP contribution >= 0.6 is 0 Å². The van der Waals surface area contributed by atoms with E-state index in [1.165, 1.54) is 16.3 Å². The first-order valence-corrected chi connectivity index (χ1v) is 16.9. The van der Waals surface area contributed by atoms with E-state index in [1.807, 2.05) is 24.3 Å². The van der Waals surface area contributed by atoms with Gasteiger partial charge in [0.15, 0.2) is 0 Å². The van der Waals surface area contributed by atoms with Crippen molar-refractivity contribution in [2.24, 2.45) is 0 Å². The van der Waals surface area contributed by atoms with E-state index in [2.05, 4.69) is 155 Å². The van der Waals surface area contributed by atoms with Crippen LogP contribution in [0, 0.1) is 0 Å². The zero-order valence-electron chi connectivity index (χ0n) is 26.9. The third kappa shape index (κ3) is 3.87. The Labute approximate surface area is 286 Å². The quantitative estimate of drug-likeness (QED) is 0.192. The van der Waals surface area contributed by atoms with Crippen LogP contribution in [0.1, 0.15) is 0 Å². The molecule has 0 saturated carbocycles. The van der Waals surface area contributed by atoms with E-state index in [0.717, 1.165) is 82.9 Å². The molecule has 8 aromatic carbocycles. The second-order valence-electron chi connectivity index (χ2n) is 12.9. The van der Waals surface area contributed by atoms with Crippen molar-refractivity contribution in [3.63, 3.8) is 0 Å². The van der Waals surface area contributed by atoms with Crippen LogP contribution in [0.15, 0.2) is 179 Å². The maximum Gasteiger partial charge on any atom is 0.137 e. The van der Waals surface area contributed by atoms with Crippen molar-refractivity contribution in [3.8, 4) is 5.69 Å². The molecular formula is C46H28N2O2. The molecule has 0 spiro atoms. The van der Waals surface area contributed by atoms with Gasteiger partial charge >= 0.3 is 0 Å². The van der Waals surface area contributed by atoms with Gasteiger partial charge in [-0.1, -0.05) is 91.0 Å². The molecule has 0 radical (unpaired) electrons. The van der Waals surface area contributed by atoms with Gasteiger partial charge in [-0.3, -0.25) is 0 Å². The van der Waals surface area contributed by atoms with Crippen molar-refractivity contribution >= 4 is 93.5 Å². The Morgan fingerprint density at radius 3 is 1.88 bits per heavy atom. The highest BCUT2D eigenvalue weighted by Crippen LogP contribution is 2.48. The number of furan rings is 2. The van der Waals surface area contributed by atoms with Gasteiger partial charge in [-0.2, -0.15) is 0 Å². The van der Waals surface area contributed by atoms with Crippen molar-refractivity contribution in [2.75, 3.05) is 4.90 Å². The number of rotatable bonds is 4. The van der Waals surface area contributed by atoms with Gasteiger partial charge in [-0.05, 0) is 89.6 Å². The van der Waals surface area contributed by atoms with Gasteiger partial charge < -0.3 is 18.3 Å². The van der Waals surface area contributed by atoms with E-state index in [0.29, 0.717) is 0 Å². The number of hydrogen-bond donors (Lipinski definition) is 0. The van der Waals surface area contributed by atoms with Gasteiger partial charge in [0, 0.05) is 38.3 Å². The van der Waals surface area contributed by atoms with Crippen LogP contribution in [0.25, 0.3) is 82.1 Å². The Balaban J connectivity index is 1.25. The fourth-order valence-corrected chi connectivity index (χ4v) is 7.99. The predicted molar refractivity (Wildman–Crippen MR) is 208 cm³/mol. The number of fused-ring (bicyclic) bond motifs is 10. The summed E-state index contributed by atoms with van der Waals surface area (Å²) in [5.41, 5.74) is 10.2. The van der Waals surface area contributed by atoms with Crippen LogP contribution in [-0.2, 0) is 0 Å². The molecule has 50 heavy (non-hydrogen) atoms. The monoisotopic (exact) mass is 640 g/mol. The summed E-state index contributed by atoms with van der Waals surface area (Å²) in [5.74, 6) is 0. The molecule has 4 heteroatoms. The minimum atomic E-state index is 0.861. The number of anilines is 3. The number of aromatic nitrogens is 1. The summed E-state index contributed by atoms with van der Waals surface area (Å²) in [6.07, 6.45) is 0. The number of hydrogen-bond acceptors (Lipinski definition) is 3. The van der Waals surface area contributed by atoms with Crippen LogP contribution in [0.4, 0.5) is 17.1 Å². The lowest BCUT2D eigenvalue weighted by Crippen LogP contribution is -2.11. The highest BCUT2D eigenvalue weighted by atomic mass is 16.3. The highest BCUT2D eigenvalue weighted by Gasteiger charge is 2.24. The Morgan fingerprint density at radius 2 is 1.02 bits per heavy atom. The molecule has 0 aliphatic carbocycles. The van der Waals surface area contributed by atoms with Crippen LogP contribution in [-0.4, -0.2) is 4.57 Å². The predicted octanol–water partition coefficient (Wildman–Crippen LogP) is 13.2. The summed E-state index contributed by atoms with van der Waals surface area (Å²) in [6.45, 7) is 0. The molecule has 0 aliphatic heterocycles. The van der Waals surface area contributed by atoms with E-state index < -0.39 is 0 Å². The molecule has 3 aromatic heterocycles. The van der Waals surface area contributed by atoms with Gasteiger partial charge in [0.05, 0.1) is 27.8 Å². The normalized spacial score (nSPS) is 12.0. The van der Waals surface area contributed by atoms with Crippen molar-refractivity contribution in [2.45, 2.75) is 0 Å². The third-order valence-corrected chi connectivity index (χ3v) is 10.1. The third-order valence-electron chi connectivity index (χ3n) is 10.1. The molecule has 0 saturated heterocycles. The average Bonchev–Trinajstić information content (AvgIpc) is 3.84. The number of nitrogens with zero attached hydrogens (tertiary/aromatic N) is 2. The Bertz CT molecular complexity index is 3110. The molecule has 11 aromatic rings. The van der Waals surface area contributed by atoms with Crippen molar-refractivity contribution < 1.29 is 8.83 Å². The molecular weight excluding hydrogens is 613 g/mol. The SMILES string of the molecule is c1ccc(-n2c3ccccc3c3c(N(c4ccc5cc6oc7ccccc7c6cc5c4)c4cccc5oc6ccccc6c45)cccc32)cc1. The van der Waals surface area contributed by atoms with Gasteiger partial charge in [0.1, 0.15) is 22.3 Å². The molecule has 0 atom stereocenters. The van der Waals surface area contributed by atoms with E-state index in [1.54, 1.807) is 0 Å². The summed E-state index contributed by atoms with van der Waals surface area (Å²) < 4.78 is 15.1. The van der Waals surface area contributed by atoms with E-state index in [-0.39, 0.29) is 0 Å². The standard InChI is InChI=1S/C46H28N2O2/c1-2-12-31(13-3-1)47-37-17-7-4-15-34(37)45-38(47)18-10-19-39(45)48(40-20-11-23-43-46(40)35-16-6-9-22-42(35)49-43)32-25-24-29-28-44-36(27-30(29)26-32)33-14-5-8-21-41(33)50-44/h1-28H. The highest BCUT2D eigenvalue weighted by molar-refractivity contribution is 6.20. The molecule has 0 unspecified atom stereocenters. The second kappa shape index (κ2) is 10.4. The van der Waals surface area contributed by atoms with Crippen LogP contribution < -0.4 is 4.90 Å². The zero-order chi connectivity index (χ0) is 32.8. The molecule has 0 amide bonds. The topological polar surface area (TPSA) is 34.5 Å². The van der Waals surface area contributed by atoms with Crippen LogP contribution in [0.3, 0.4) is 0 Å². The first kappa shape index (κ1) is 27.2. The van der Waals surface area contributed by atoms with Crippen molar-refractivity contribution in [3.05, 3.63) is 170 Å². The zero-order valence-corrected chi connectivity index (χ0v) is 26.9. The Morgan fingerprint density at radius 1 is 0.380 bits per heavy atom. The van der Waals surface area contributed by atoms with E-state index >= 15 is 0 Å². The Hall–Kier alpha value is -6.78. The lowest BCUT2D eigenvalue weighted by Gasteiger charge is -2.27. The second-order valence-corrected chi connectivity index (χ2v) is 12.9. The molecule has 0 fully saturated rings. The van der Waals surface area contributed by atoms with Gasteiger partial charge in [-0.25, -0.2) is 0 Å². The van der Waals surface area contributed by atoms with Crippen LogP contribution in [0.2, 0.25) is 0 Å². The lowest BCUT2D eigenvalue weighted by molar-refractivity contribution is 0.668. The summed E-state index contributed by atoms with van der Waals surface area (Å²) >= 11 is 0. The molecule has 0 N–H and O–H groups in total. The van der Waals surface area contributed by atoms with Gasteiger partial charge in [-0.15, -0.1) is 0 Å². The maximum absolute atomic E-state index is 6.44. The molecule has 3 heterocycles. The summed E-state index contributed by atoms with van der Waals surface area (Å²) in [5, 5.41) is 9.09. The molecule has 0 aliphatic rings. The molecule has 4 nitrogen and oxygen atoms in total. The van der Waals surface area contributed by atoms with E-state index in [4.69, 9.17) is 8.83 Å². The fourth-order valence-electron chi connectivity index (χ4n) is 7.99. The van der Waals surface area contributed by atoms with Gasteiger partial charge in [0.2, 0.25) is 0 Å². The molecule has 0 bridgehead atoms. The van der Waals surface area contributed by atoms with E-state index in [9.17, 15) is 0 Å². The smallest absolute Gasteiger partial charge is 0.137 e. The van der Waals surface area contributed by atoms with Gasteiger partial charge in [0.25, 0.3) is 0 Å². The maximum atomic E-state index is 6.44. The fraction of sp³-hybridized carbons (Fsp3) is 0. The van der Waals surface area contributed by atoms with Crippen molar-refractivity contribution in [1.82, 2.24) is 4.57 Å². The van der Waals surface area contributed by atoms with Crippen LogP contribution in [0.5, 0.6) is 0 Å². The molecule has 234 valence electrons.